The molecule has 0 spiro atoms. The average Bonchev–Trinajstić information content (AvgIpc) is 3.13. The van der Waals surface area contributed by atoms with Crippen LogP contribution in [0.2, 0.25) is 5.02 Å². The molecular formula is C27H28BrClN4O2S. The first-order valence-electron chi connectivity index (χ1n) is 11.7. The standard InChI is InChI=1S/C27H28BrClN4O2S/c1-6-32(7-2)26(35)23-16(3)30-27-33(24(23)18-9-11-19(29)12-10-18)25(34)22(36-27)15-17-8-13-21(31(4)5)20(28)14-17/h8-15,24H,6-7H2,1-5H3/b22-15+/t24-/m0/s1. The second-order valence-corrected chi connectivity index (χ2v) is 11.0. The number of carbonyl (C=O) groups excluding carboxylic acids is 1. The zero-order valence-electron chi connectivity index (χ0n) is 20.9. The molecule has 0 saturated heterocycles. The maximum Gasteiger partial charge on any atom is 0.271 e. The fraction of sp³-hybridized carbons (Fsp3) is 0.296. The van der Waals surface area contributed by atoms with E-state index in [1.54, 1.807) is 21.6 Å². The normalized spacial score (nSPS) is 15.5. The van der Waals surface area contributed by atoms with Gasteiger partial charge in [0, 0.05) is 36.7 Å². The van der Waals surface area contributed by atoms with E-state index in [1.165, 1.54) is 11.3 Å². The number of aromatic nitrogens is 1. The van der Waals surface area contributed by atoms with Crippen LogP contribution in [-0.2, 0) is 4.79 Å². The highest BCUT2D eigenvalue weighted by atomic mass is 79.9. The third kappa shape index (κ3) is 4.94. The molecule has 1 amide bonds. The fourth-order valence-electron chi connectivity index (χ4n) is 4.36. The number of amides is 1. The first-order valence-corrected chi connectivity index (χ1v) is 13.7. The second kappa shape index (κ2) is 10.7. The molecular weight excluding hydrogens is 560 g/mol. The summed E-state index contributed by atoms with van der Waals surface area (Å²) in [5, 5.41) is 0.593. The second-order valence-electron chi connectivity index (χ2n) is 8.72. The van der Waals surface area contributed by atoms with Gasteiger partial charge in [0.2, 0.25) is 0 Å². The molecule has 188 valence electrons. The highest BCUT2D eigenvalue weighted by Gasteiger charge is 2.34. The number of hydrogen-bond donors (Lipinski definition) is 0. The Kier molecular flexibility index (Phi) is 7.87. The number of benzene rings is 2. The van der Waals surface area contributed by atoms with Crippen LogP contribution in [0.15, 0.2) is 68.0 Å². The number of allylic oxidation sites excluding steroid dienone is 1. The Hall–Kier alpha value is -2.68. The van der Waals surface area contributed by atoms with Gasteiger partial charge in [-0.2, -0.15) is 0 Å². The van der Waals surface area contributed by atoms with Crippen LogP contribution in [0.25, 0.3) is 6.08 Å². The quantitative estimate of drug-likeness (QED) is 0.424. The largest absolute Gasteiger partial charge is 0.377 e. The van der Waals surface area contributed by atoms with E-state index >= 15 is 0 Å². The third-order valence-corrected chi connectivity index (χ3v) is 8.11. The molecule has 0 unspecified atom stereocenters. The van der Waals surface area contributed by atoms with Gasteiger partial charge in [-0.3, -0.25) is 14.2 Å². The van der Waals surface area contributed by atoms with E-state index in [0.29, 0.717) is 38.7 Å². The van der Waals surface area contributed by atoms with Gasteiger partial charge < -0.3 is 9.80 Å². The van der Waals surface area contributed by atoms with E-state index in [9.17, 15) is 9.59 Å². The van der Waals surface area contributed by atoms with E-state index in [0.717, 1.165) is 21.3 Å². The molecule has 0 bridgehead atoms. The van der Waals surface area contributed by atoms with Crippen molar-refractivity contribution in [3.05, 3.63) is 94.0 Å². The van der Waals surface area contributed by atoms with Crippen LogP contribution < -0.4 is 19.8 Å². The van der Waals surface area contributed by atoms with Crippen LogP contribution in [0.4, 0.5) is 5.69 Å². The van der Waals surface area contributed by atoms with Crippen LogP contribution in [0, 0.1) is 0 Å². The lowest BCUT2D eigenvalue weighted by Gasteiger charge is -2.29. The molecule has 0 fully saturated rings. The smallest absolute Gasteiger partial charge is 0.271 e. The summed E-state index contributed by atoms with van der Waals surface area (Å²) in [7, 11) is 3.96. The summed E-state index contributed by atoms with van der Waals surface area (Å²) in [4.78, 5) is 36.5. The van der Waals surface area contributed by atoms with Gasteiger partial charge in [0.25, 0.3) is 11.5 Å². The maximum atomic E-state index is 13.8. The van der Waals surface area contributed by atoms with Crippen molar-refractivity contribution in [2.24, 2.45) is 4.99 Å². The number of rotatable bonds is 6. The van der Waals surface area contributed by atoms with Gasteiger partial charge in [-0.1, -0.05) is 41.1 Å². The molecule has 0 radical (unpaired) electrons. The van der Waals surface area contributed by atoms with Crippen molar-refractivity contribution < 1.29 is 4.79 Å². The van der Waals surface area contributed by atoms with E-state index in [2.05, 4.69) is 15.9 Å². The molecule has 6 nitrogen and oxygen atoms in total. The summed E-state index contributed by atoms with van der Waals surface area (Å²) in [6.45, 7) is 6.88. The molecule has 1 aliphatic heterocycles. The summed E-state index contributed by atoms with van der Waals surface area (Å²) in [5.74, 6) is -0.112. The number of likely N-dealkylation sites (N-methyl/N-ethyl adjacent to an activating group) is 1. The molecule has 0 saturated carbocycles. The number of anilines is 1. The number of nitrogens with zero attached hydrogens (tertiary/aromatic N) is 4. The number of halogens is 2. The highest BCUT2D eigenvalue weighted by molar-refractivity contribution is 9.10. The molecule has 4 rings (SSSR count). The van der Waals surface area contributed by atoms with Crippen molar-refractivity contribution in [3.63, 3.8) is 0 Å². The first-order chi connectivity index (χ1) is 17.2. The fourth-order valence-corrected chi connectivity index (χ4v) is 6.29. The van der Waals surface area contributed by atoms with Gasteiger partial charge in [-0.25, -0.2) is 4.99 Å². The zero-order chi connectivity index (χ0) is 26.1. The third-order valence-electron chi connectivity index (χ3n) is 6.24. The molecule has 2 aromatic carbocycles. The van der Waals surface area contributed by atoms with Crippen molar-refractivity contribution in [1.82, 2.24) is 9.47 Å². The van der Waals surface area contributed by atoms with E-state index in [-0.39, 0.29) is 11.5 Å². The summed E-state index contributed by atoms with van der Waals surface area (Å²) in [6.07, 6.45) is 1.87. The Balaban J connectivity index is 1.92. The zero-order valence-corrected chi connectivity index (χ0v) is 24.0. The lowest BCUT2D eigenvalue weighted by Crippen LogP contribution is -2.43. The van der Waals surface area contributed by atoms with Gasteiger partial charge >= 0.3 is 0 Å². The molecule has 2 heterocycles. The van der Waals surface area contributed by atoms with Gasteiger partial charge in [0.1, 0.15) is 0 Å². The topological polar surface area (TPSA) is 57.9 Å². The molecule has 1 aromatic heterocycles. The minimum atomic E-state index is -0.586. The number of carbonyl (C=O) groups is 1. The lowest BCUT2D eigenvalue weighted by molar-refractivity contribution is -0.127. The summed E-state index contributed by atoms with van der Waals surface area (Å²) in [6, 6.07) is 12.7. The van der Waals surface area contributed by atoms with Crippen molar-refractivity contribution >= 4 is 56.5 Å². The van der Waals surface area contributed by atoms with Gasteiger partial charge in [0.05, 0.1) is 27.5 Å². The summed E-state index contributed by atoms with van der Waals surface area (Å²) >= 11 is 11.1. The first kappa shape index (κ1) is 26.4. The van der Waals surface area contributed by atoms with Crippen molar-refractivity contribution in [2.45, 2.75) is 26.8 Å². The SMILES string of the molecule is CCN(CC)C(=O)C1=C(C)N=c2s/c(=C/c3ccc(N(C)C)c(Br)c3)c(=O)n2[C@H]1c1ccc(Cl)cc1. The molecule has 36 heavy (non-hydrogen) atoms. The van der Waals surface area contributed by atoms with E-state index < -0.39 is 6.04 Å². The number of hydrogen-bond acceptors (Lipinski definition) is 5. The summed E-state index contributed by atoms with van der Waals surface area (Å²) in [5.41, 5.74) is 3.72. The highest BCUT2D eigenvalue weighted by Crippen LogP contribution is 2.32. The maximum absolute atomic E-state index is 13.8. The van der Waals surface area contributed by atoms with Crippen LogP contribution >= 0.6 is 38.9 Å². The minimum Gasteiger partial charge on any atom is -0.377 e. The number of fused-ring (bicyclic) bond motifs is 1. The monoisotopic (exact) mass is 586 g/mol. The molecule has 3 aromatic rings. The Morgan fingerprint density at radius 2 is 1.83 bits per heavy atom. The predicted octanol–water partition coefficient (Wildman–Crippen LogP) is 4.59. The summed E-state index contributed by atoms with van der Waals surface area (Å²) < 4.78 is 3.14. The average molecular weight is 588 g/mol. The van der Waals surface area contributed by atoms with Crippen molar-refractivity contribution in [2.75, 3.05) is 32.1 Å². The van der Waals surface area contributed by atoms with E-state index in [1.807, 2.05) is 76.2 Å². The van der Waals surface area contributed by atoms with Gasteiger partial charge in [0.15, 0.2) is 4.80 Å². The van der Waals surface area contributed by atoms with Crippen LogP contribution in [0.1, 0.15) is 37.9 Å². The van der Waals surface area contributed by atoms with Crippen LogP contribution in [-0.4, -0.2) is 42.6 Å². The Labute approximate surface area is 228 Å². The molecule has 0 N–H and O–H groups in total. The van der Waals surface area contributed by atoms with E-state index in [4.69, 9.17) is 16.6 Å². The minimum absolute atomic E-state index is 0.112. The van der Waals surface area contributed by atoms with Gasteiger partial charge in [-0.05, 0) is 78.2 Å². The Morgan fingerprint density at radius 3 is 2.42 bits per heavy atom. The predicted molar refractivity (Wildman–Crippen MR) is 152 cm³/mol. The van der Waals surface area contributed by atoms with Crippen LogP contribution in [0.3, 0.4) is 0 Å². The Bertz CT molecular complexity index is 1520. The molecule has 1 aliphatic rings. The Morgan fingerprint density at radius 1 is 1.17 bits per heavy atom. The number of thiazole rings is 1. The molecule has 0 aliphatic carbocycles. The van der Waals surface area contributed by atoms with Crippen LogP contribution in [0.5, 0.6) is 0 Å². The van der Waals surface area contributed by atoms with Crippen molar-refractivity contribution in [1.29, 1.82) is 0 Å². The lowest BCUT2D eigenvalue weighted by atomic mass is 9.94. The molecule has 1 atom stereocenters. The van der Waals surface area contributed by atoms with Crippen molar-refractivity contribution in [3.8, 4) is 0 Å². The molecule has 9 heteroatoms. The van der Waals surface area contributed by atoms with Gasteiger partial charge in [-0.15, -0.1) is 0 Å².